The number of piperidine rings is 1. The molecule has 1 aromatic rings. The van der Waals surface area contributed by atoms with E-state index in [1.165, 1.54) is 25.1 Å². The second-order valence-corrected chi connectivity index (χ2v) is 4.91. The van der Waals surface area contributed by atoms with E-state index in [0.29, 0.717) is 12.2 Å². The predicted octanol–water partition coefficient (Wildman–Crippen LogP) is 1.72. The molecule has 108 valence electrons. The molecule has 1 saturated heterocycles. The maximum atomic E-state index is 13.5. The fourth-order valence-corrected chi connectivity index (χ4v) is 2.21. The molecule has 1 aliphatic rings. The van der Waals surface area contributed by atoms with Crippen LogP contribution in [0.3, 0.4) is 0 Å². The lowest BCUT2D eigenvalue weighted by molar-refractivity contribution is -0.120. The monoisotopic (exact) mass is 279 g/mol. The Bertz CT molecular complexity index is 513. The number of halogens is 1. The molecule has 5 nitrogen and oxygen atoms in total. The zero-order valence-corrected chi connectivity index (χ0v) is 11.3. The largest absolute Gasteiger partial charge is 0.326 e. The van der Waals surface area contributed by atoms with Gasteiger partial charge in [-0.25, -0.2) is 4.39 Å². The minimum absolute atomic E-state index is 0.0667. The third-order valence-corrected chi connectivity index (χ3v) is 3.21. The van der Waals surface area contributed by atoms with E-state index in [-0.39, 0.29) is 23.4 Å². The van der Waals surface area contributed by atoms with Crippen molar-refractivity contribution in [1.82, 2.24) is 5.32 Å². The molecule has 1 unspecified atom stereocenters. The van der Waals surface area contributed by atoms with Gasteiger partial charge in [0.2, 0.25) is 11.8 Å². The maximum Gasteiger partial charge on any atom is 0.228 e. The molecule has 2 rings (SSSR count). The number of benzene rings is 1. The van der Waals surface area contributed by atoms with Crippen molar-refractivity contribution in [2.45, 2.75) is 19.8 Å². The SMILES string of the molecule is CC(=O)Nc1cc(NC(=O)C2CCCNC2)ccc1F. The number of nitrogens with one attached hydrogen (secondary N) is 3. The lowest BCUT2D eigenvalue weighted by Gasteiger charge is -2.22. The van der Waals surface area contributed by atoms with Crippen molar-refractivity contribution in [2.75, 3.05) is 23.7 Å². The van der Waals surface area contributed by atoms with Crippen molar-refractivity contribution < 1.29 is 14.0 Å². The van der Waals surface area contributed by atoms with E-state index in [4.69, 9.17) is 0 Å². The molecule has 1 aromatic carbocycles. The van der Waals surface area contributed by atoms with E-state index in [0.717, 1.165) is 19.4 Å². The highest BCUT2D eigenvalue weighted by atomic mass is 19.1. The molecule has 0 radical (unpaired) electrons. The zero-order chi connectivity index (χ0) is 14.5. The molecule has 20 heavy (non-hydrogen) atoms. The lowest BCUT2D eigenvalue weighted by Crippen LogP contribution is -2.37. The highest BCUT2D eigenvalue weighted by Gasteiger charge is 2.21. The van der Waals surface area contributed by atoms with Gasteiger partial charge in [0.25, 0.3) is 0 Å². The summed E-state index contributed by atoms with van der Waals surface area (Å²) in [5.74, 6) is -1.04. The first kappa shape index (κ1) is 14.5. The van der Waals surface area contributed by atoms with Crippen LogP contribution in [-0.4, -0.2) is 24.9 Å². The van der Waals surface area contributed by atoms with Gasteiger partial charge in [0.05, 0.1) is 11.6 Å². The number of hydrogen-bond donors (Lipinski definition) is 3. The van der Waals surface area contributed by atoms with E-state index < -0.39 is 5.82 Å². The Labute approximate surface area is 116 Å². The van der Waals surface area contributed by atoms with Gasteiger partial charge in [-0.05, 0) is 37.6 Å². The van der Waals surface area contributed by atoms with Crippen molar-refractivity contribution in [3.8, 4) is 0 Å². The highest BCUT2D eigenvalue weighted by Crippen LogP contribution is 2.21. The Kier molecular flexibility index (Phi) is 4.68. The quantitative estimate of drug-likeness (QED) is 0.789. The summed E-state index contributed by atoms with van der Waals surface area (Å²) in [6, 6.07) is 4.12. The summed E-state index contributed by atoms with van der Waals surface area (Å²) in [7, 11) is 0. The van der Waals surface area contributed by atoms with Crippen LogP contribution in [0, 0.1) is 11.7 Å². The van der Waals surface area contributed by atoms with Gasteiger partial charge in [0, 0.05) is 19.2 Å². The van der Waals surface area contributed by atoms with Gasteiger partial charge in [0.1, 0.15) is 5.82 Å². The molecular formula is C14H18FN3O2. The average molecular weight is 279 g/mol. The first-order chi connectivity index (χ1) is 9.56. The summed E-state index contributed by atoms with van der Waals surface area (Å²) in [5.41, 5.74) is 0.544. The van der Waals surface area contributed by atoms with Crippen molar-refractivity contribution in [3.63, 3.8) is 0 Å². The lowest BCUT2D eigenvalue weighted by atomic mass is 9.99. The summed E-state index contributed by atoms with van der Waals surface area (Å²) >= 11 is 0. The fraction of sp³-hybridized carbons (Fsp3) is 0.429. The van der Waals surface area contributed by atoms with Gasteiger partial charge >= 0.3 is 0 Å². The van der Waals surface area contributed by atoms with Gasteiger partial charge in [-0.1, -0.05) is 0 Å². The van der Waals surface area contributed by atoms with Crippen molar-refractivity contribution >= 4 is 23.2 Å². The highest BCUT2D eigenvalue weighted by molar-refractivity contribution is 5.94. The van der Waals surface area contributed by atoms with E-state index in [9.17, 15) is 14.0 Å². The number of amides is 2. The topological polar surface area (TPSA) is 70.2 Å². The number of anilines is 2. The number of rotatable bonds is 3. The van der Waals surface area contributed by atoms with E-state index in [2.05, 4.69) is 16.0 Å². The van der Waals surface area contributed by atoms with Crippen LogP contribution < -0.4 is 16.0 Å². The Morgan fingerprint density at radius 2 is 2.15 bits per heavy atom. The molecule has 1 heterocycles. The van der Waals surface area contributed by atoms with Crippen LogP contribution in [0.1, 0.15) is 19.8 Å². The maximum absolute atomic E-state index is 13.5. The Morgan fingerprint density at radius 1 is 1.35 bits per heavy atom. The third-order valence-electron chi connectivity index (χ3n) is 3.21. The normalized spacial score (nSPS) is 18.4. The summed E-state index contributed by atoms with van der Waals surface area (Å²) in [5, 5.41) is 8.31. The molecule has 1 fully saturated rings. The standard InChI is InChI=1S/C14H18FN3O2/c1-9(19)17-13-7-11(4-5-12(13)15)18-14(20)10-3-2-6-16-8-10/h4-5,7,10,16H,2-3,6,8H2,1H3,(H,17,19)(H,18,20). The molecular weight excluding hydrogens is 261 g/mol. The first-order valence-corrected chi connectivity index (χ1v) is 6.65. The molecule has 0 aliphatic carbocycles. The molecule has 6 heteroatoms. The molecule has 2 amide bonds. The third kappa shape index (κ3) is 3.77. The Hall–Kier alpha value is -1.95. The number of hydrogen-bond acceptors (Lipinski definition) is 3. The van der Waals surface area contributed by atoms with Crippen LogP contribution in [0.15, 0.2) is 18.2 Å². The van der Waals surface area contributed by atoms with E-state index >= 15 is 0 Å². The van der Waals surface area contributed by atoms with Crippen LogP contribution in [0.5, 0.6) is 0 Å². The van der Waals surface area contributed by atoms with E-state index in [1.54, 1.807) is 0 Å². The second-order valence-electron chi connectivity index (χ2n) is 4.91. The van der Waals surface area contributed by atoms with Crippen molar-refractivity contribution in [2.24, 2.45) is 5.92 Å². The Morgan fingerprint density at radius 3 is 2.80 bits per heavy atom. The average Bonchev–Trinajstić information content (AvgIpc) is 2.43. The smallest absolute Gasteiger partial charge is 0.228 e. The summed E-state index contributed by atoms with van der Waals surface area (Å²) < 4.78 is 13.5. The van der Waals surface area contributed by atoms with Crippen molar-refractivity contribution in [1.29, 1.82) is 0 Å². The van der Waals surface area contributed by atoms with Gasteiger partial charge in [0.15, 0.2) is 0 Å². The van der Waals surface area contributed by atoms with Crippen molar-refractivity contribution in [3.05, 3.63) is 24.0 Å². The van der Waals surface area contributed by atoms with Gasteiger partial charge in [-0.3, -0.25) is 9.59 Å². The molecule has 0 bridgehead atoms. The van der Waals surface area contributed by atoms with Gasteiger partial charge in [-0.15, -0.1) is 0 Å². The minimum atomic E-state index is -0.530. The number of carbonyl (C=O) groups excluding carboxylic acids is 2. The molecule has 3 N–H and O–H groups in total. The summed E-state index contributed by atoms with van der Waals surface area (Å²) in [6.45, 7) is 2.90. The van der Waals surface area contributed by atoms with Gasteiger partial charge < -0.3 is 16.0 Å². The Balaban J connectivity index is 2.05. The fourth-order valence-electron chi connectivity index (χ4n) is 2.21. The van der Waals surface area contributed by atoms with Crippen LogP contribution in [-0.2, 0) is 9.59 Å². The van der Waals surface area contributed by atoms with Crippen LogP contribution in [0.25, 0.3) is 0 Å². The first-order valence-electron chi connectivity index (χ1n) is 6.65. The molecule has 0 spiro atoms. The molecule has 0 saturated carbocycles. The minimum Gasteiger partial charge on any atom is -0.326 e. The van der Waals surface area contributed by atoms with Crippen LogP contribution in [0.4, 0.5) is 15.8 Å². The molecule has 0 aromatic heterocycles. The van der Waals surface area contributed by atoms with Gasteiger partial charge in [-0.2, -0.15) is 0 Å². The predicted molar refractivity (Wildman–Crippen MR) is 74.9 cm³/mol. The second kappa shape index (κ2) is 6.47. The molecule has 1 atom stereocenters. The van der Waals surface area contributed by atoms with Crippen LogP contribution in [0.2, 0.25) is 0 Å². The summed E-state index contributed by atoms with van der Waals surface area (Å²) in [4.78, 5) is 23.0. The summed E-state index contributed by atoms with van der Waals surface area (Å²) in [6.07, 6.45) is 1.82. The molecule has 1 aliphatic heterocycles. The number of carbonyl (C=O) groups is 2. The zero-order valence-electron chi connectivity index (χ0n) is 11.3. The van der Waals surface area contributed by atoms with E-state index in [1.807, 2.05) is 0 Å². The van der Waals surface area contributed by atoms with Crippen LogP contribution >= 0.6 is 0 Å².